The maximum Gasteiger partial charge on any atom is 0.220 e. The molecule has 1 fully saturated rings. The Kier molecular flexibility index (Phi) is 13.9. The van der Waals surface area contributed by atoms with E-state index in [2.05, 4.69) is 12.2 Å². The lowest BCUT2D eigenvalue weighted by molar-refractivity contribution is -0.122. The molecule has 1 amide bonds. The number of aliphatic hydroxyl groups is 5. The number of carbonyl (C=O) groups is 1. The van der Waals surface area contributed by atoms with Gasteiger partial charge in [0.25, 0.3) is 0 Å². The molecule has 0 bridgehead atoms. The molecule has 0 spiro atoms. The fourth-order valence-corrected chi connectivity index (χ4v) is 3.86. The second-order valence-corrected chi connectivity index (χ2v) is 8.29. The molecule has 174 valence electrons. The smallest absolute Gasteiger partial charge is 0.220 e. The van der Waals surface area contributed by atoms with Gasteiger partial charge in [-0.1, -0.05) is 50.5 Å². The van der Waals surface area contributed by atoms with Gasteiger partial charge in [0.05, 0.1) is 37.6 Å². The summed E-state index contributed by atoms with van der Waals surface area (Å²) in [5.41, 5.74) is 0. The molecule has 7 nitrogen and oxygen atoms in total. The largest absolute Gasteiger partial charge is 0.394 e. The maximum absolute atomic E-state index is 11.7. The Hall–Kier alpha value is -1.25. The van der Waals surface area contributed by atoms with Crippen LogP contribution in [0, 0.1) is 11.8 Å². The van der Waals surface area contributed by atoms with Crippen LogP contribution in [-0.2, 0) is 4.79 Å². The summed E-state index contributed by atoms with van der Waals surface area (Å²) < 4.78 is 0. The van der Waals surface area contributed by atoms with Crippen molar-refractivity contribution in [3.05, 3.63) is 24.3 Å². The predicted octanol–water partition coefficient (Wildman–Crippen LogP) is 1.43. The van der Waals surface area contributed by atoms with E-state index < -0.39 is 24.4 Å². The minimum Gasteiger partial charge on any atom is -0.394 e. The quantitative estimate of drug-likeness (QED) is 0.173. The second-order valence-electron chi connectivity index (χ2n) is 8.29. The van der Waals surface area contributed by atoms with Crippen molar-refractivity contribution < 1.29 is 30.3 Å². The third kappa shape index (κ3) is 10.2. The third-order valence-electron chi connectivity index (χ3n) is 5.73. The number of allylic oxidation sites excluding steroid dienone is 2. The first kappa shape index (κ1) is 26.8. The zero-order valence-corrected chi connectivity index (χ0v) is 18.2. The van der Waals surface area contributed by atoms with Crippen LogP contribution in [0.2, 0.25) is 0 Å². The molecule has 6 N–H and O–H groups in total. The summed E-state index contributed by atoms with van der Waals surface area (Å²) in [6, 6.07) is -0.613. The van der Waals surface area contributed by atoms with E-state index in [1.54, 1.807) is 6.08 Å². The van der Waals surface area contributed by atoms with Gasteiger partial charge in [0.15, 0.2) is 0 Å². The van der Waals surface area contributed by atoms with E-state index in [1.807, 2.05) is 18.2 Å². The molecule has 0 saturated heterocycles. The normalized spacial score (nSPS) is 25.6. The van der Waals surface area contributed by atoms with Crippen LogP contribution in [0.25, 0.3) is 0 Å². The van der Waals surface area contributed by atoms with Gasteiger partial charge < -0.3 is 30.8 Å². The highest BCUT2D eigenvalue weighted by Crippen LogP contribution is 2.36. The van der Waals surface area contributed by atoms with E-state index >= 15 is 0 Å². The number of aliphatic hydroxyl groups excluding tert-OH is 5. The molecule has 1 aliphatic rings. The van der Waals surface area contributed by atoms with Crippen LogP contribution in [-0.4, -0.2) is 69.0 Å². The summed E-state index contributed by atoms with van der Waals surface area (Å²) in [6.45, 7) is 1.54. The standard InChI is InChI=1S/C23H41NO6/c1-2-3-6-9-18(27)12-13-20-19(21(28)14-22(20)29)10-7-4-5-8-11-23(30)24-17(15-25)16-26/h4,7,12-13,17-22,25-29H,2-3,5-6,8-11,14-16H2,1H3,(H,24,30)/b7-4?,13-12+/t18-,19+,20+,21-,22+/m0/s1. The van der Waals surface area contributed by atoms with Gasteiger partial charge in [-0.3, -0.25) is 4.79 Å². The molecule has 0 aromatic rings. The van der Waals surface area contributed by atoms with Crippen LogP contribution in [0.3, 0.4) is 0 Å². The maximum atomic E-state index is 11.7. The van der Waals surface area contributed by atoms with Gasteiger partial charge in [-0.15, -0.1) is 0 Å². The van der Waals surface area contributed by atoms with E-state index in [1.165, 1.54) is 0 Å². The number of hydrogen-bond donors (Lipinski definition) is 6. The number of unbranched alkanes of at least 4 members (excludes halogenated alkanes) is 3. The summed E-state index contributed by atoms with van der Waals surface area (Å²) in [5.74, 6) is -0.466. The number of amides is 1. The monoisotopic (exact) mass is 427 g/mol. The van der Waals surface area contributed by atoms with E-state index in [0.717, 1.165) is 19.3 Å². The molecule has 1 saturated carbocycles. The van der Waals surface area contributed by atoms with E-state index in [0.29, 0.717) is 38.5 Å². The number of nitrogens with one attached hydrogen (secondary N) is 1. The number of rotatable bonds is 15. The molecule has 0 heterocycles. The summed E-state index contributed by atoms with van der Waals surface area (Å²) in [7, 11) is 0. The van der Waals surface area contributed by atoms with Crippen LogP contribution >= 0.6 is 0 Å². The van der Waals surface area contributed by atoms with E-state index in [4.69, 9.17) is 10.2 Å². The van der Waals surface area contributed by atoms with Crippen LogP contribution in [0.4, 0.5) is 0 Å². The van der Waals surface area contributed by atoms with Gasteiger partial charge in [-0.2, -0.15) is 0 Å². The Balaban J connectivity index is 2.39. The molecule has 1 aliphatic carbocycles. The lowest BCUT2D eigenvalue weighted by Crippen LogP contribution is -2.39. The molecular weight excluding hydrogens is 386 g/mol. The Bertz CT molecular complexity index is 520. The SMILES string of the molecule is CCCCC[C@H](O)/C=C/[C@@H]1[C@@H](CC=CCCCC(=O)NC(CO)CO)[C@@H](O)C[C@H]1O. The molecule has 0 radical (unpaired) electrons. The molecular formula is C23H41NO6. The average Bonchev–Trinajstić information content (AvgIpc) is 2.99. The predicted molar refractivity (Wildman–Crippen MR) is 117 cm³/mol. The van der Waals surface area contributed by atoms with Crippen molar-refractivity contribution in [2.24, 2.45) is 11.8 Å². The van der Waals surface area contributed by atoms with Crippen LogP contribution < -0.4 is 5.32 Å². The molecule has 0 aliphatic heterocycles. The zero-order valence-electron chi connectivity index (χ0n) is 18.2. The van der Waals surface area contributed by atoms with Crippen molar-refractivity contribution in [3.8, 4) is 0 Å². The van der Waals surface area contributed by atoms with E-state index in [-0.39, 0.29) is 31.0 Å². The average molecular weight is 428 g/mol. The van der Waals surface area contributed by atoms with Crippen LogP contribution in [0.15, 0.2) is 24.3 Å². The van der Waals surface area contributed by atoms with Gasteiger partial charge in [-0.25, -0.2) is 0 Å². The summed E-state index contributed by atoms with van der Waals surface area (Å²) in [5, 5.41) is 51.1. The molecule has 7 heteroatoms. The van der Waals surface area contributed by atoms with Gasteiger partial charge in [-0.05, 0) is 31.6 Å². The summed E-state index contributed by atoms with van der Waals surface area (Å²) in [4.78, 5) is 11.7. The minimum atomic E-state index is -0.613. The molecule has 5 atom stereocenters. The Morgan fingerprint density at radius 2 is 1.83 bits per heavy atom. The fourth-order valence-electron chi connectivity index (χ4n) is 3.86. The van der Waals surface area contributed by atoms with Crippen molar-refractivity contribution in [2.75, 3.05) is 13.2 Å². The Labute approximate surface area is 180 Å². The Morgan fingerprint density at radius 3 is 2.50 bits per heavy atom. The van der Waals surface area contributed by atoms with Crippen molar-refractivity contribution in [3.63, 3.8) is 0 Å². The molecule has 30 heavy (non-hydrogen) atoms. The number of hydrogen-bond acceptors (Lipinski definition) is 6. The lowest BCUT2D eigenvalue weighted by atomic mass is 9.89. The highest BCUT2D eigenvalue weighted by molar-refractivity contribution is 5.76. The van der Waals surface area contributed by atoms with Gasteiger partial charge in [0.1, 0.15) is 0 Å². The van der Waals surface area contributed by atoms with Crippen molar-refractivity contribution in [1.29, 1.82) is 0 Å². The van der Waals surface area contributed by atoms with Crippen molar-refractivity contribution in [2.45, 2.75) is 89.1 Å². The topological polar surface area (TPSA) is 130 Å². The molecule has 1 rings (SSSR count). The van der Waals surface area contributed by atoms with Gasteiger partial charge in [0.2, 0.25) is 5.91 Å². The zero-order chi connectivity index (χ0) is 22.4. The molecule has 0 aromatic carbocycles. The molecule has 0 unspecified atom stereocenters. The summed E-state index contributed by atoms with van der Waals surface area (Å²) in [6.07, 6.45) is 12.4. The van der Waals surface area contributed by atoms with E-state index in [9.17, 15) is 20.1 Å². The minimum absolute atomic E-state index is 0.0893. The number of carbonyl (C=O) groups excluding carboxylic acids is 1. The highest BCUT2D eigenvalue weighted by Gasteiger charge is 2.39. The van der Waals surface area contributed by atoms with Gasteiger partial charge >= 0.3 is 0 Å². The second kappa shape index (κ2) is 15.5. The Morgan fingerprint density at radius 1 is 1.10 bits per heavy atom. The van der Waals surface area contributed by atoms with Crippen LogP contribution in [0.5, 0.6) is 0 Å². The van der Waals surface area contributed by atoms with Crippen LogP contribution in [0.1, 0.15) is 64.7 Å². The first-order valence-corrected chi connectivity index (χ1v) is 11.3. The lowest BCUT2D eigenvalue weighted by Gasteiger charge is -2.19. The molecule has 0 aromatic heterocycles. The summed E-state index contributed by atoms with van der Waals surface area (Å²) >= 11 is 0. The first-order valence-electron chi connectivity index (χ1n) is 11.3. The third-order valence-corrected chi connectivity index (χ3v) is 5.73. The van der Waals surface area contributed by atoms with Crippen molar-refractivity contribution in [1.82, 2.24) is 5.32 Å². The van der Waals surface area contributed by atoms with Crippen molar-refractivity contribution >= 4 is 5.91 Å². The highest BCUT2D eigenvalue weighted by atomic mass is 16.3. The fraction of sp³-hybridized carbons (Fsp3) is 0.783. The van der Waals surface area contributed by atoms with Gasteiger partial charge in [0, 0.05) is 18.8 Å². The first-order chi connectivity index (χ1) is 14.4.